The first kappa shape index (κ1) is 13.5. The van der Waals surface area contributed by atoms with Crippen LogP contribution in [0.15, 0.2) is 42.5 Å². The first-order chi connectivity index (χ1) is 10.1. The minimum absolute atomic E-state index is 0.0452. The number of hydrogen-bond donors (Lipinski definition) is 1. The summed E-state index contributed by atoms with van der Waals surface area (Å²) in [5, 5.41) is 3.16. The van der Waals surface area contributed by atoms with Gasteiger partial charge in [0, 0.05) is 12.6 Å². The highest BCUT2D eigenvalue weighted by molar-refractivity contribution is 5.96. The van der Waals surface area contributed by atoms with Crippen LogP contribution in [-0.2, 0) is 0 Å². The number of pyridine rings is 1. The molecule has 3 rings (SSSR count). The van der Waals surface area contributed by atoms with Gasteiger partial charge in [-0.15, -0.1) is 0 Å². The number of rotatable bonds is 2. The Morgan fingerprint density at radius 1 is 0.952 bits per heavy atom. The molecule has 0 atom stereocenters. The zero-order valence-corrected chi connectivity index (χ0v) is 11.7. The van der Waals surface area contributed by atoms with Crippen molar-refractivity contribution in [1.29, 1.82) is 0 Å². The van der Waals surface area contributed by atoms with E-state index in [2.05, 4.69) is 10.3 Å². The lowest BCUT2D eigenvalue weighted by Gasteiger charge is -2.15. The van der Waals surface area contributed by atoms with E-state index < -0.39 is 11.6 Å². The molecule has 1 N–H and O–H groups in total. The second-order valence-corrected chi connectivity index (χ2v) is 4.83. The third-order valence-electron chi connectivity index (χ3n) is 3.58. The van der Waals surface area contributed by atoms with E-state index >= 15 is 0 Å². The number of fused-ring (bicyclic) bond motifs is 1. The van der Waals surface area contributed by atoms with Gasteiger partial charge in [0.1, 0.15) is 17.2 Å². The smallest absolute Gasteiger partial charge is 0.149 e. The molecule has 4 heteroatoms. The third kappa shape index (κ3) is 2.13. The lowest BCUT2D eigenvalue weighted by molar-refractivity contribution is 0.615. The highest BCUT2D eigenvalue weighted by Crippen LogP contribution is 2.35. The molecule has 0 fully saturated rings. The van der Waals surface area contributed by atoms with Crippen molar-refractivity contribution in [1.82, 2.24) is 4.98 Å². The van der Waals surface area contributed by atoms with E-state index in [0.29, 0.717) is 11.4 Å². The molecule has 2 nitrogen and oxygen atoms in total. The second-order valence-electron chi connectivity index (χ2n) is 4.83. The van der Waals surface area contributed by atoms with Gasteiger partial charge in [-0.25, -0.2) is 13.8 Å². The molecule has 1 heterocycles. The van der Waals surface area contributed by atoms with Crippen LogP contribution in [0, 0.1) is 18.6 Å². The fraction of sp³-hybridized carbons (Fsp3) is 0.118. The molecule has 3 aromatic rings. The normalized spacial score (nSPS) is 10.9. The molecular weight excluding hydrogens is 270 g/mol. The van der Waals surface area contributed by atoms with Gasteiger partial charge in [-0.1, -0.05) is 30.3 Å². The van der Waals surface area contributed by atoms with Gasteiger partial charge in [0.15, 0.2) is 0 Å². The van der Waals surface area contributed by atoms with E-state index in [4.69, 9.17) is 0 Å². The molecule has 0 saturated heterocycles. The van der Waals surface area contributed by atoms with Crippen molar-refractivity contribution in [2.24, 2.45) is 0 Å². The molecule has 0 bridgehead atoms. The largest absolute Gasteiger partial charge is 0.387 e. The molecule has 106 valence electrons. The van der Waals surface area contributed by atoms with Gasteiger partial charge in [0.05, 0.1) is 16.8 Å². The number of anilines is 1. The number of nitrogens with one attached hydrogen (secondary N) is 1. The standard InChI is InChI=1S/C17H14F2N2/c1-10-15(11-6-4-3-5-7-11)21-17-13(19)9-8-12(18)14(17)16(10)20-2/h3-9H,1-2H3,(H,20,21). The maximum atomic E-state index is 14.1. The van der Waals surface area contributed by atoms with E-state index in [1.165, 1.54) is 0 Å². The Morgan fingerprint density at radius 3 is 2.29 bits per heavy atom. The van der Waals surface area contributed by atoms with Crippen molar-refractivity contribution in [3.05, 3.63) is 59.7 Å². The summed E-state index contributed by atoms with van der Waals surface area (Å²) in [4.78, 5) is 4.36. The summed E-state index contributed by atoms with van der Waals surface area (Å²) < 4.78 is 28.1. The van der Waals surface area contributed by atoms with E-state index in [-0.39, 0.29) is 10.9 Å². The molecule has 0 amide bonds. The van der Waals surface area contributed by atoms with Crippen molar-refractivity contribution in [3.8, 4) is 11.3 Å². The lowest BCUT2D eigenvalue weighted by atomic mass is 10.0. The molecule has 0 spiro atoms. The van der Waals surface area contributed by atoms with Crippen LogP contribution in [0.1, 0.15) is 5.56 Å². The predicted molar refractivity (Wildman–Crippen MR) is 81.4 cm³/mol. The highest BCUT2D eigenvalue weighted by Gasteiger charge is 2.17. The molecule has 0 radical (unpaired) electrons. The second kappa shape index (κ2) is 5.13. The Balaban J connectivity index is 2.44. The maximum absolute atomic E-state index is 14.1. The summed E-state index contributed by atoms with van der Waals surface area (Å²) in [6, 6.07) is 11.7. The molecular formula is C17H14F2N2. The molecule has 21 heavy (non-hydrogen) atoms. The predicted octanol–water partition coefficient (Wildman–Crippen LogP) is 4.53. The summed E-state index contributed by atoms with van der Waals surface area (Å²) in [5.74, 6) is -1.01. The van der Waals surface area contributed by atoms with Crippen LogP contribution < -0.4 is 5.32 Å². The average molecular weight is 284 g/mol. The van der Waals surface area contributed by atoms with E-state index in [1.807, 2.05) is 37.3 Å². The Bertz CT molecular complexity index is 814. The van der Waals surface area contributed by atoms with Gasteiger partial charge in [-0.2, -0.15) is 0 Å². The van der Waals surface area contributed by atoms with Crippen molar-refractivity contribution in [2.45, 2.75) is 6.92 Å². The van der Waals surface area contributed by atoms with Gasteiger partial charge in [-0.05, 0) is 24.6 Å². The Kier molecular flexibility index (Phi) is 3.29. The fourth-order valence-corrected chi connectivity index (χ4v) is 2.58. The first-order valence-electron chi connectivity index (χ1n) is 6.65. The highest BCUT2D eigenvalue weighted by atomic mass is 19.1. The molecule has 0 unspecified atom stereocenters. The zero-order valence-electron chi connectivity index (χ0n) is 11.7. The Hall–Kier alpha value is -2.49. The van der Waals surface area contributed by atoms with Crippen LogP contribution in [-0.4, -0.2) is 12.0 Å². The van der Waals surface area contributed by atoms with Crippen LogP contribution in [0.4, 0.5) is 14.5 Å². The molecule has 0 aliphatic heterocycles. The zero-order chi connectivity index (χ0) is 15.0. The van der Waals surface area contributed by atoms with Gasteiger partial charge >= 0.3 is 0 Å². The molecule has 0 saturated carbocycles. The van der Waals surface area contributed by atoms with Crippen molar-refractivity contribution in [2.75, 3.05) is 12.4 Å². The number of halogens is 2. The van der Waals surface area contributed by atoms with Crippen LogP contribution in [0.5, 0.6) is 0 Å². The summed E-state index contributed by atoms with van der Waals surface area (Å²) >= 11 is 0. The van der Waals surface area contributed by atoms with Crippen LogP contribution in [0.3, 0.4) is 0 Å². The fourth-order valence-electron chi connectivity index (χ4n) is 2.58. The van der Waals surface area contributed by atoms with E-state index in [1.54, 1.807) is 7.05 Å². The number of aromatic nitrogens is 1. The molecule has 0 aliphatic carbocycles. The number of hydrogen-bond acceptors (Lipinski definition) is 2. The summed E-state index contributed by atoms with van der Waals surface area (Å²) in [7, 11) is 1.70. The van der Waals surface area contributed by atoms with Crippen molar-refractivity contribution < 1.29 is 8.78 Å². The van der Waals surface area contributed by atoms with Crippen molar-refractivity contribution in [3.63, 3.8) is 0 Å². The topological polar surface area (TPSA) is 24.9 Å². The maximum Gasteiger partial charge on any atom is 0.149 e. The van der Waals surface area contributed by atoms with Gasteiger partial charge in [0.2, 0.25) is 0 Å². The van der Waals surface area contributed by atoms with Crippen LogP contribution in [0.25, 0.3) is 22.2 Å². The Morgan fingerprint density at radius 2 is 1.62 bits per heavy atom. The van der Waals surface area contributed by atoms with E-state index in [9.17, 15) is 8.78 Å². The minimum atomic E-state index is -0.528. The van der Waals surface area contributed by atoms with Gasteiger partial charge < -0.3 is 5.32 Å². The number of nitrogens with zero attached hydrogens (tertiary/aromatic N) is 1. The van der Waals surface area contributed by atoms with Gasteiger partial charge in [0.25, 0.3) is 0 Å². The summed E-state index contributed by atoms with van der Waals surface area (Å²) in [5.41, 5.74) is 2.93. The summed E-state index contributed by atoms with van der Waals surface area (Å²) in [6.45, 7) is 1.85. The van der Waals surface area contributed by atoms with Crippen molar-refractivity contribution >= 4 is 16.6 Å². The summed E-state index contributed by atoms with van der Waals surface area (Å²) in [6.07, 6.45) is 0. The monoisotopic (exact) mass is 284 g/mol. The Labute approximate surface area is 121 Å². The first-order valence-corrected chi connectivity index (χ1v) is 6.65. The number of benzene rings is 2. The van der Waals surface area contributed by atoms with Crippen LogP contribution in [0.2, 0.25) is 0 Å². The SMILES string of the molecule is CNc1c(C)c(-c2ccccc2)nc2c(F)ccc(F)c12. The van der Waals surface area contributed by atoms with Crippen LogP contribution >= 0.6 is 0 Å². The minimum Gasteiger partial charge on any atom is -0.387 e. The molecule has 1 aromatic heterocycles. The quantitative estimate of drug-likeness (QED) is 0.748. The lowest BCUT2D eigenvalue weighted by Crippen LogP contribution is -2.01. The third-order valence-corrected chi connectivity index (χ3v) is 3.58. The average Bonchev–Trinajstić information content (AvgIpc) is 2.51. The molecule has 0 aliphatic rings. The van der Waals surface area contributed by atoms with Gasteiger partial charge in [-0.3, -0.25) is 0 Å². The van der Waals surface area contributed by atoms with E-state index in [0.717, 1.165) is 23.3 Å². The molecule has 2 aromatic carbocycles.